The first kappa shape index (κ1) is 13.8. The molecule has 106 valence electrons. The summed E-state index contributed by atoms with van der Waals surface area (Å²) in [6, 6.07) is 10.3. The number of halogens is 1. The molecule has 0 fully saturated rings. The van der Waals surface area contributed by atoms with E-state index in [0.29, 0.717) is 0 Å². The number of aryl methyl sites for hydroxylation is 1. The first-order chi connectivity index (χ1) is 10.2. The van der Waals surface area contributed by atoms with Gasteiger partial charge < -0.3 is 4.57 Å². The largest absolute Gasteiger partial charge is 0.317 e. The summed E-state index contributed by atoms with van der Waals surface area (Å²) in [5.41, 5.74) is 4.48. The molecule has 0 aliphatic rings. The Labute approximate surface area is 131 Å². The molecule has 0 saturated heterocycles. The smallest absolute Gasteiger partial charge is 0.141 e. The summed E-state index contributed by atoms with van der Waals surface area (Å²) in [5, 5.41) is 11.8. The van der Waals surface area contributed by atoms with Crippen molar-refractivity contribution in [1.82, 2.24) is 19.4 Å². The van der Waals surface area contributed by atoms with Crippen molar-refractivity contribution in [3.8, 4) is 5.69 Å². The van der Waals surface area contributed by atoms with Gasteiger partial charge in [0, 0.05) is 21.4 Å². The predicted octanol–water partition coefficient (Wildman–Crippen LogP) is 3.33. The highest BCUT2D eigenvalue weighted by Crippen LogP contribution is 2.26. The highest BCUT2D eigenvalue weighted by Gasteiger charge is 2.11. The maximum Gasteiger partial charge on any atom is 0.141 e. The van der Waals surface area contributed by atoms with Crippen molar-refractivity contribution in [1.29, 1.82) is 0 Å². The van der Waals surface area contributed by atoms with E-state index in [4.69, 9.17) is 0 Å². The second kappa shape index (κ2) is 5.65. The molecule has 3 rings (SSSR count). The van der Waals surface area contributed by atoms with Gasteiger partial charge in [0.05, 0.1) is 11.9 Å². The number of nitrogens with zero attached hydrogens (tertiary/aromatic N) is 5. The molecule has 3 aromatic rings. The van der Waals surface area contributed by atoms with Crippen LogP contribution in [0.25, 0.3) is 5.69 Å². The van der Waals surface area contributed by atoms with E-state index in [1.807, 2.05) is 24.4 Å². The number of benzene rings is 1. The molecular weight excluding hydrogens is 330 g/mol. The van der Waals surface area contributed by atoms with Gasteiger partial charge in [0.2, 0.25) is 0 Å². The first-order valence-corrected chi connectivity index (χ1v) is 7.29. The Morgan fingerprint density at radius 1 is 1.14 bits per heavy atom. The van der Waals surface area contributed by atoms with Gasteiger partial charge in [-0.05, 0) is 48.0 Å². The third-order valence-corrected chi connectivity index (χ3v) is 3.97. The van der Waals surface area contributed by atoms with Crippen LogP contribution in [-0.2, 0) is 0 Å². The summed E-state index contributed by atoms with van der Waals surface area (Å²) >= 11 is 3.61. The molecule has 0 N–H and O–H groups in total. The minimum absolute atomic E-state index is 1.06. The van der Waals surface area contributed by atoms with E-state index in [0.717, 1.165) is 27.1 Å². The minimum Gasteiger partial charge on any atom is -0.317 e. The Bertz CT molecular complexity index is 787. The molecule has 2 aromatic heterocycles. The van der Waals surface area contributed by atoms with Gasteiger partial charge in [-0.3, -0.25) is 0 Å². The van der Waals surface area contributed by atoms with Gasteiger partial charge in [-0.1, -0.05) is 12.1 Å². The lowest BCUT2D eigenvalue weighted by Crippen LogP contribution is -2.00. The molecule has 0 aliphatic heterocycles. The lowest BCUT2D eigenvalue weighted by molar-refractivity contribution is 0.877. The Balaban J connectivity index is 2.03. The van der Waals surface area contributed by atoms with Crippen LogP contribution in [-0.4, -0.2) is 25.7 Å². The Hall–Kier alpha value is -2.21. The summed E-state index contributed by atoms with van der Waals surface area (Å²) in [6.07, 6.45) is 4.94. The fourth-order valence-electron chi connectivity index (χ4n) is 2.31. The van der Waals surface area contributed by atoms with Crippen LogP contribution in [0.2, 0.25) is 0 Å². The van der Waals surface area contributed by atoms with Gasteiger partial charge in [-0.2, -0.15) is 5.10 Å². The molecule has 0 amide bonds. The zero-order chi connectivity index (χ0) is 14.8. The highest BCUT2D eigenvalue weighted by atomic mass is 79.9. The van der Waals surface area contributed by atoms with E-state index in [9.17, 15) is 0 Å². The van der Waals surface area contributed by atoms with E-state index < -0.39 is 0 Å². The summed E-state index contributed by atoms with van der Waals surface area (Å²) in [4.78, 5) is 0. The molecule has 1 aromatic carbocycles. The van der Waals surface area contributed by atoms with E-state index in [1.165, 1.54) is 0 Å². The van der Waals surface area contributed by atoms with Crippen LogP contribution in [0.5, 0.6) is 0 Å². The van der Waals surface area contributed by atoms with Crippen LogP contribution >= 0.6 is 15.9 Å². The first-order valence-electron chi connectivity index (χ1n) is 6.49. The van der Waals surface area contributed by atoms with Gasteiger partial charge in [0.15, 0.2) is 0 Å². The fraction of sp³-hybridized carbons (Fsp3) is 0.133. The molecule has 2 heterocycles. The molecule has 5 nitrogen and oxygen atoms in total. The number of hydrogen-bond acceptors (Lipinski definition) is 3. The van der Waals surface area contributed by atoms with Gasteiger partial charge >= 0.3 is 0 Å². The third kappa shape index (κ3) is 2.67. The second-order valence-corrected chi connectivity index (χ2v) is 5.55. The molecule has 0 bridgehead atoms. The molecule has 0 unspecified atom stereocenters. The van der Waals surface area contributed by atoms with Crippen LogP contribution in [0.1, 0.15) is 17.0 Å². The Morgan fingerprint density at radius 3 is 2.57 bits per heavy atom. The van der Waals surface area contributed by atoms with Crippen molar-refractivity contribution in [2.75, 3.05) is 0 Å². The van der Waals surface area contributed by atoms with Crippen molar-refractivity contribution in [3.63, 3.8) is 0 Å². The summed E-state index contributed by atoms with van der Waals surface area (Å²) in [5.74, 6) is 0. The fourth-order valence-corrected chi connectivity index (χ4v) is 2.77. The van der Waals surface area contributed by atoms with Gasteiger partial charge in [-0.15, -0.1) is 10.2 Å². The number of hydrogen-bond donors (Lipinski definition) is 0. The maximum atomic E-state index is 4.31. The van der Waals surface area contributed by atoms with Crippen molar-refractivity contribution >= 4 is 22.1 Å². The monoisotopic (exact) mass is 343 g/mol. The molecule has 0 atom stereocenters. The van der Waals surface area contributed by atoms with Crippen molar-refractivity contribution in [2.45, 2.75) is 13.8 Å². The Morgan fingerprint density at radius 2 is 1.86 bits per heavy atom. The van der Waals surface area contributed by atoms with Crippen molar-refractivity contribution in [3.05, 3.63) is 64.4 Å². The average Bonchev–Trinajstić information content (AvgIpc) is 3.07. The summed E-state index contributed by atoms with van der Waals surface area (Å²) in [7, 11) is 0. The third-order valence-electron chi connectivity index (χ3n) is 3.30. The molecule has 0 spiro atoms. The maximum absolute atomic E-state index is 4.31. The van der Waals surface area contributed by atoms with Crippen LogP contribution in [0.3, 0.4) is 0 Å². The average molecular weight is 344 g/mol. The molecule has 0 aliphatic carbocycles. The predicted molar refractivity (Wildman–Crippen MR) is 86.0 cm³/mol. The van der Waals surface area contributed by atoms with E-state index in [2.05, 4.69) is 61.8 Å². The van der Waals surface area contributed by atoms with Crippen LogP contribution in [0, 0.1) is 13.8 Å². The standard InChI is InChI=1S/C15H14BrN5/c1-11-7-13(8-19-20-9-17-18-10-20)12(2)21(11)15-6-4-3-5-14(15)16/h3-10H,1-2H3. The minimum atomic E-state index is 1.06. The van der Waals surface area contributed by atoms with Crippen LogP contribution < -0.4 is 0 Å². The normalized spacial score (nSPS) is 11.4. The zero-order valence-corrected chi connectivity index (χ0v) is 13.3. The van der Waals surface area contributed by atoms with Gasteiger partial charge in [0.25, 0.3) is 0 Å². The SMILES string of the molecule is Cc1cc(C=Nn2cnnc2)c(C)n1-c1ccccc1Br. The Kier molecular flexibility index (Phi) is 3.70. The van der Waals surface area contributed by atoms with Gasteiger partial charge in [-0.25, -0.2) is 4.68 Å². The summed E-state index contributed by atoms with van der Waals surface area (Å²) in [6.45, 7) is 4.17. The molecular formula is C15H14BrN5. The van der Waals surface area contributed by atoms with Crippen LogP contribution in [0.4, 0.5) is 0 Å². The van der Waals surface area contributed by atoms with Crippen molar-refractivity contribution < 1.29 is 0 Å². The van der Waals surface area contributed by atoms with E-state index in [-0.39, 0.29) is 0 Å². The highest BCUT2D eigenvalue weighted by molar-refractivity contribution is 9.10. The second-order valence-electron chi connectivity index (χ2n) is 4.70. The molecule has 6 heteroatoms. The van der Waals surface area contributed by atoms with Gasteiger partial charge in [0.1, 0.15) is 12.7 Å². The molecule has 0 saturated carbocycles. The van der Waals surface area contributed by atoms with E-state index in [1.54, 1.807) is 17.3 Å². The van der Waals surface area contributed by atoms with E-state index >= 15 is 0 Å². The number of para-hydroxylation sites is 1. The quantitative estimate of drug-likeness (QED) is 0.685. The molecule has 21 heavy (non-hydrogen) atoms. The zero-order valence-electron chi connectivity index (χ0n) is 11.7. The molecule has 0 radical (unpaired) electrons. The topological polar surface area (TPSA) is 48.0 Å². The summed E-state index contributed by atoms with van der Waals surface area (Å²) < 4.78 is 4.84. The van der Waals surface area contributed by atoms with Crippen molar-refractivity contribution in [2.24, 2.45) is 5.10 Å². The number of rotatable bonds is 3. The lowest BCUT2D eigenvalue weighted by atomic mass is 10.2. The van der Waals surface area contributed by atoms with Crippen LogP contribution in [0.15, 0.2) is 52.6 Å². The number of aromatic nitrogens is 4. The lowest BCUT2D eigenvalue weighted by Gasteiger charge is -2.11.